The fourth-order valence-electron chi connectivity index (χ4n) is 2.03. The molecule has 6 heteroatoms. The van der Waals surface area contributed by atoms with Gasteiger partial charge in [-0.05, 0) is 37.3 Å². The molecule has 0 bridgehead atoms. The van der Waals surface area contributed by atoms with Crippen molar-refractivity contribution in [3.63, 3.8) is 0 Å². The van der Waals surface area contributed by atoms with Crippen LogP contribution in [0.3, 0.4) is 0 Å². The van der Waals surface area contributed by atoms with E-state index in [2.05, 4.69) is 5.32 Å². The average molecular weight is 334 g/mol. The van der Waals surface area contributed by atoms with E-state index in [-0.39, 0.29) is 5.56 Å². The maximum atomic E-state index is 12.5. The lowest BCUT2D eigenvalue weighted by Gasteiger charge is -2.13. The lowest BCUT2D eigenvalue weighted by atomic mass is 10.1. The van der Waals surface area contributed by atoms with Crippen molar-refractivity contribution in [2.45, 2.75) is 6.92 Å². The minimum absolute atomic E-state index is 0.267. The molecule has 1 amide bonds. The van der Waals surface area contributed by atoms with Crippen LogP contribution in [0.25, 0.3) is 0 Å². The molecule has 0 saturated carbocycles. The first kappa shape index (κ1) is 16.8. The molecule has 0 atom stereocenters. The summed E-state index contributed by atoms with van der Waals surface area (Å²) in [6.07, 6.45) is 0. The average Bonchev–Trinajstić information content (AvgIpc) is 2.56. The molecule has 1 N–H and O–H groups in total. The number of halogens is 1. The van der Waals surface area contributed by atoms with Crippen molar-refractivity contribution >= 4 is 29.2 Å². The van der Waals surface area contributed by atoms with Gasteiger partial charge in [-0.1, -0.05) is 23.7 Å². The Kier molecular flexibility index (Phi) is 5.60. The van der Waals surface area contributed by atoms with Crippen molar-refractivity contribution in [2.24, 2.45) is 0 Å². The smallest absolute Gasteiger partial charge is 0.339 e. The van der Waals surface area contributed by atoms with Crippen molar-refractivity contribution in [1.82, 2.24) is 0 Å². The van der Waals surface area contributed by atoms with Gasteiger partial charge in [0.05, 0.1) is 30.5 Å². The molecule has 2 aromatic carbocycles. The van der Waals surface area contributed by atoms with E-state index in [0.29, 0.717) is 28.6 Å². The fraction of sp³-hybridized carbons (Fsp3) is 0.176. The standard InChI is InChI=1S/C17H16ClNO4/c1-3-23-15-9-8-11(18)10-13(15)16(20)19-14-7-5-4-6-12(14)17(21)22-2/h4-10H,3H2,1-2H3,(H,19,20). The Morgan fingerprint density at radius 3 is 2.57 bits per heavy atom. The first-order chi connectivity index (χ1) is 11.1. The van der Waals surface area contributed by atoms with Crippen molar-refractivity contribution in [2.75, 3.05) is 19.0 Å². The predicted octanol–water partition coefficient (Wildman–Crippen LogP) is 3.78. The number of para-hydroxylation sites is 1. The molecule has 0 aromatic heterocycles. The Balaban J connectivity index is 2.33. The summed E-state index contributed by atoms with van der Waals surface area (Å²) in [4.78, 5) is 24.3. The van der Waals surface area contributed by atoms with E-state index >= 15 is 0 Å². The van der Waals surface area contributed by atoms with Crippen LogP contribution >= 0.6 is 11.6 Å². The molecule has 2 aromatic rings. The minimum Gasteiger partial charge on any atom is -0.493 e. The highest BCUT2D eigenvalue weighted by molar-refractivity contribution is 6.31. The maximum Gasteiger partial charge on any atom is 0.339 e. The van der Waals surface area contributed by atoms with Gasteiger partial charge in [-0.15, -0.1) is 0 Å². The van der Waals surface area contributed by atoms with E-state index in [0.717, 1.165) is 0 Å². The van der Waals surface area contributed by atoms with E-state index < -0.39 is 11.9 Å². The van der Waals surface area contributed by atoms with Gasteiger partial charge in [-0.2, -0.15) is 0 Å². The molecule has 0 aliphatic rings. The number of benzene rings is 2. The number of nitrogens with one attached hydrogen (secondary N) is 1. The minimum atomic E-state index is -0.531. The van der Waals surface area contributed by atoms with Crippen molar-refractivity contribution in [3.05, 3.63) is 58.6 Å². The highest BCUT2D eigenvalue weighted by atomic mass is 35.5. The van der Waals surface area contributed by atoms with E-state index in [1.54, 1.807) is 36.4 Å². The number of amides is 1. The molecule has 5 nitrogen and oxygen atoms in total. The SMILES string of the molecule is CCOc1ccc(Cl)cc1C(=O)Nc1ccccc1C(=O)OC. The van der Waals surface area contributed by atoms with Crippen LogP contribution in [0.1, 0.15) is 27.6 Å². The second-order valence-corrected chi connectivity index (χ2v) is 5.00. The van der Waals surface area contributed by atoms with Gasteiger partial charge in [0.1, 0.15) is 5.75 Å². The molecule has 23 heavy (non-hydrogen) atoms. The first-order valence-electron chi connectivity index (χ1n) is 6.97. The molecule has 0 fully saturated rings. The van der Waals surface area contributed by atoms with Gasteiger partial charge in [0.25, 0.3) is 5.91 Å². The number of hydrogen-bond donors (Lipinski definition) is 1. The largest absolute Gasteiger partial charge is 0.493 e. The number of carbonyl (C=O) groups is 2. The molecule has 0 aliphatic heterocycles. The molecule has 0 radical (unpaired) electrons. The van der Waals surface area contributed by atoms with Crippen LogP contribution in [-0.4, -0.2) is 25.6 Å². The van der Waals surface area contributed by atoms with Gasteiger partial charge in [-0.3, -0.25) is 4.79 Å². The quantitative estimate of drug-likeness (QED) is 0.846. The van der Waals surface area contributed by atoms with Crippen molar-refractivity contribution in [3.8, 4) is 5.75 Å². The molecular weight excluding hydrogens is 318 g/mol. The molecule has 2 rings (SSSR count). The zero-order valence-electron chi connectivity index (χ0n) is 12.8. The molecule has 0 aliphatic carbocycles. The van der Waals surface area contributed by atoms with E-state index in [9.17, 15) is 9.59 Å². The van der Waals surface area contributed by atoms with Crippen LogP contribution in [0.2, 0.25) is 5.02 Å². The van der Waals surface area contributed by atoms with Crippen molar-refractivity contribution in [1.29, 1.82) is 0 Å². The third kappa shape index (κ3) is 4.02. The second kappa shape index (κ2) is 7.65. The van der Waals surface area contributed by atoms with E-state index in [1.807, 2.05) is 6.92 Å². The lowest BCUT2D eigenvalue weighted by molar-refractivity contribution is 0.0602. The third-order valence-electron chi connectivity index (χ3n) is 3.07. The van der Waals surface area contributed by atoms with Gasteiger partial charge < -0.3 is 14.8 Å². The highest BCUT2D eigenvalue weighted by Gasteiger charge is 2.17. The van der Waals surface area contributed by atoms with Crippen molar-refractivity contribution < 1.29 is 19.1 Å². The summed E-state index contributed by atoms with van der Waals surface area (Å²) in [5, 5.41) is 3.11. The first-order valence-corrected chi connectivity index (χ1v) is 7.35. The number of esters is 1. The Morgan fingerprint density at radius 1 is 1.13 bits per heavy atom. The Morgan fingerprint density at radius 2 is 1.87 bits per heavy atom. The maximum absolute atomic E-state index is 12.5. The molecule has 0 unspecified atom stereocenters. The van der Waals surface area contributed by atoms with Gasteiger partial charge >= 0.3 is 5.97 Å². The Bertz CT molecular complexity index is 730. The van der Waals surface area contributed by atoms with Crippen LogP contribution in [0, 0.1) is 0 Å². The number of hydrogen-bond acceptors (Lipinski definition) is 4. The molecule has 0 spiro atoms. The number of carbonyl (C=O) groups excluding carboxylic acids is 2. The number of anilines is 1. The number of rotatable bonds is 5. The molecular formula is C17H16ClNO4. The Hall–Kier alpha value is -2.53. The van der Waals surface area contributed by atoms with Crippen LogP contribution in [0.15, 0.2) is 42.5 Å². The summed E-state index contributed by atoms with van der Waals surface area (Å²) in [6, 6.07) is 11.4. The van der Waals surface area contributed by atoms with Gasteiger partial charge in [0, 0.05) is 5.02 Å². The fourth-order valence-corrected chi connectivity index (χ4v) is 2.20. The van der Waals surface area contributed by atoms with Gasteiger partial charge in [0.2, 0.25) is 0 Å². The normalized spacial score (nSPS) is 10.0. The molecule has 120 valence electrons. The lowest BCUT2D eigenvalue weighted by Crippen LogP contribution is -2.16. The van der Waals surface area contributed by atoms with Crippen LogP contribution in [0.4, 0.5) is 5.69 Å². The van der Waals surface area contributed by atoms with Gasteiger partial charge in [0.15, 0.2) is 0 Å². The van der Waals surface area contributed by atoms with Crippen LogP contribution < -0.4 is 10.1 Å². The number of methoxy groups -OCH3 is 1. The topological polar surface area (TPSA) is 64.6 Å². The summed E-state index contributed by atoms with van der Waals surface area (Å²) in [7, 11) is 1.28. The van der Waals surface area contributed by atoms with Crippen LogP contribution in [0.5, 0.6) is 5.75 Å². The zero-order chi connectivity index (χ0) is 16.8. The summed E-state index contributed by atoms with van der Waals surface area (Å²) in [6.45, 7) is 2.24. The summed E-state index contributed by atoms with van der Waals surface area (Å²) in [5.41, 5.74) is 0.911. The zero-order valence-corrected chi connectivity index (χ0v) is 13.5. The number of ether oxygens (including phenoxy) is 2. The summed E-state index contributed by atoms with van der Waals surface area (Å²) < 4.78 is 10.1. The predicted molar refractivity (Wildman–Crippen MR) is 88.4 cm³/mol. The summed E-state index contributed by atoms with van der Waals surface area (Å²) >= 11 is 5.96. The van der Waals surface area contributed by atoms with E-state index in [1.165, 1.54) is 13.2 Å². The van der Waals surface area contributed by atoms with Crippen LogP contribution in [-0.2, 0) is 4.74 Å². The van der Waals surface area contributed by atoms with Gasteiger partial charge in [-0.25, -0.2) is 4.79 Å². The molecule has 0 heterocycles. The summed E-state index contributed by atoms with van der Waals surface area (Å²) in [5.74, 6) is -0.533. The van der Waals surface area contributed by atoms with E-state index in [4.69, 9.17) is 21.1 Å². The highest BCUT2D eigenvalue weighted by Crippen LogP contribution is 2.25. The second-order valence-electron chi connectivity index (χ2n) is 4.56. The monoisotopic (exact) mass is 333 g/mol. The third-order valence-corrected chi connectivity index (χ3v) is 3.30. The Labute approximate surface area is 139 Å². The molecule has 0 saturated heterocycles.